The maximum absolute atomic E-state index is 12.8. The van der Waals surface area contributed by atoms with Gasteiger partial charge in [-0.25, -0.2) is 4.98 Å². The van der Waals surface area contributed by atoms with Crippen molar-refractivity contribution >= 4 is 41.8 Å². The van der Waals surface area contributed by atoms with Gasteiger partial charge in [-0.15, -0.1) is 24.8 Å². The molecule has 1 aromatic heterocycles. The lowest BCUT2D eigenvalue weighted by Crippen LogP contribution is -2.48. The molecule has 0 bridgehead atoms. The maximum atomic E-state index is 12.8. The zero-order chi connectivity index (χ0) is 15.7. The van der Waals surface area contributed by atoms with Crippen LogP contribution in [-0.4, -0.2) is 35.5 Å². The zero-order valence-corrected chi connectivity index (χ0v) is 15.8. The molecule has 1 aromatic carbocycles. The van der Waals surface area contributed by atoms with E-state index in [9.17, 15) is 4.79 Å². The van der Waals surface area contributed by atoms with Gasteiger partial charge in [0.25, 0.3) is 0 Å². The topological polar surface area (TPSA) is 69.8 Å². The van der Waals surface area contributed by atoms with Crippen molar-refractivity contribution in [1.82, 2.24) is 20.6 Å². The number of aromatic nitrogens is 2. The van der Waals surface area contributed by atoms with Crippen molar-refractivity contribution < 1.29 is 4.79 Å². The van der Waals surface area contributed by atoms with E-state index in [4.69, 9.17) is 0 Å². The fourth-order valence-electron chi connectivity index (χ4n) is 4.28. The molecular weight excluding hydrogens is 359 g/mol. The molecule has 2 heterocycles. The van der Waals surface area contributed by atoms with Gasteiger partial charge in [-0.3, -0.25) is 4.79 Å². The summed E-state index contributed by atoms with van der Waals surface area (Å²) in [5, 5.41) is 6.60. The fraction of sp³-hybridized carbons (Fsp3) is 0.556. The molecule has 1 saturated carbocycles. The Morgan fingerprint density at radius 2 is 2.12 bits per heavy atom. The summed E-state index contributed by atoms with van der Waals surface area (Å²) in [5.74, 6) is 1.69. The molecule has 3 N–H and O–H groups in total. The number of hydrogen-bond donors (Lipinski definition) is 3. The first kappa shape index (κ1) is 20.0. The molecule has 4 rings (SSSR count). The number of para-hydroxylation sites is 2. The molecule has 138 valence electrons. The van der Waals surface area contributed by atoms with Crippen LogP contribution >= 0.6 is 24.8 Å². The van der Waals surface area contributed by atoms with Crippen molar-refractivity contribution in [2.75, 3.05) is 19.6 Å². The van der Waals surface area contributed by atoms with Crippen LogP contribution in [0, 0.1) is 11.3 Å². The number of carbonyl (C=O) groups is 1. The van der Waals surface area contributed by atoms with Crippen molar-refractivity contribution in [2.45, 2.75) is 32.1 Å². The number of benzene rings is 1. The second-order valence-corrected chi connectivity index (χ2v) is 6.94. The van der Waals surface area contributed by atoms with Gasteiger partial charge >= 0.3 is 0 Å². The molecule has 0 spiro atoms. The molecule has 2 aromatic rings. The van der Waals surface area contributed by atoms with Crippen LogP contribution < -0.4 is 10.6 Å². The summed E-state index contributed by atoms with van der Waals surface area (Å²) >= 11 is 0. The molecule has 1 saturated heterocycles. The molecule has 7 heteroatoms. The minimum atomic E-state index is -0.161. The summed E-state index contributed by atoms with van der Waals surface area (Å²) in [4.78, 5) is 20.7. The number of fused-ring (bicyclic) bond motifs is 2. The van der Waals surface area contributed by atoms with Crippen LogP contribution in [0.15, 0.2) is 24.3 Å². The van der Waals surface area contributed by atoms with Gasteiger partial charge in [0.15, 0.2) is 0 Å². The lowest BCUT2D eigenvalue weighted by atomic mass is 9.67. The van der Waals surface area contributed by atoms with Crippen molar-refractivity contribution in [2.24, 2.45) is 11.3 Å². The van der Waals surface area contributed by atoms with Crippen LogP contribution in [0.2, 0.25) is 0 Å². The quantitative estimate of drug-likeness (QED) is 0.758. The Hall–Kier alpha value is -1.30. The molecule has 25 heavy (non-hydrogen) atoms. The van der Waals surface area contributed by atoms with Gasteiger partial charge in [0, 0.05) is 19.5 Å². The Labute approximate surface area is 160 Å². The predicted molar refractivity (Wildman–Crippen MR) is 105 cm³/mol. The zero-order valence-electron chi connectivity index (χ0n) is 14.2. The van der Waals surface area contributed by atoms with E-state index in [1.807, 2.05) is 24.3 Å². The van der Waals surface area contributed by atoms with Crippen LogP contribution in [0.1, 0.15) is 31.5 Å². The van der Waals surface area contributed by atoms with Gasteiger partial charge in [-0.05, 0) is 37.4 Å². The maximum Gasteiger partial charge on any atom is 0.227 e. The number of hydrogen-bond acceptors (Lipinski definition) is 3. The van der Waals surface area contributed by atoms with Gasteiger partial charge in [0.05, 0.1) is 16.4 Å². The summed E-state index contributed by atoms with van der Waals surface area (Å²) in [6, 6.07) is 8.02. The number of nitrogens with zero attached hydrogens (tertiary/aromatic N) is 1. The molecule has 2 atom stereocenters. The van der Waals surface area contributed by atoms with Gasteiger partial charge < -0.3 is 15.6 Å². The van der Waals surface area contributed by atoms with Crippen molar-refractivity contribution in [3.63, 3.8) is 0 Å². The fourth-order valence-corrected chi connectivity index (χ4v) is 4.28. The smallest absolute Gasteiger partial charge is 0.227 e. The highest BCUT2D eigenvalue weighted by Crippen LogP contribution is 2.43. The van der Waals surface area contributed by atoms with E-state index < -0.39 is 0 Å². The SMILES string of the molecule is Cl.Cl.O=C(NCCc1nc2ccccc2[nH]1)[C@@]12CCCC[C@H]1CNC2. The average Bonchev–Trinajstić information content (AvgIpc) is 3.18. The number of H-pyrrole nitrogens is 1. The molecular formula is C18H26Cl2N4O. The Balaban J connectivity index is 0.00000113. The number of imidazole rings is 1. The van der Waals surface area contributed by atoms with E-state index in [1.54, 1.807) is 0 Å². The number of halogens is 2. The average molecular weight is 385 g/mol. The number of amides is 1. The molecule has 0 unspecified atom stereocenters. The second-order valence-electron chi connectivity index (χ2n) is 6.94. The third-order valence-electron chi connectivity index (χ3n) is 5.58. The van der Waals surface area contributed by atoms with E-state index in [0.29, 0.717) is 12.5 Å². The molecule has 1 aliphatic carbocycles. The van der Waals surface area contributed by atoms with E-state index >= 15 is 0 Å². The Kier molecular flexibility index (Phi) is 6.72. The highest BCUT2D eigenvalue weighted by atomic mass is 35.5. The van der Waals surface area contributed by atoms with Crippen LogP contribution in [0.25, 0.3) is 11.0 Å². The minimum absolute atomic E-state index is 0. The summed E-state index contributed by atoms with van der Waals surface area (Å²) in [5.41, 5.74) is 1.88. The first-order valence-electron chi connectivity index (χ1n) is 8.71. The number of aromatic amines is 1. The number of nitrogens with one attached hydrogen (secondary N) is 3. The highest BCUT2D eigenvalue weighted by molar-refractivity contribution is 5.85. The van der Waals surface area contributed by atoms with Crippen LogP contribution in [0.4, 0.5) is 0 Å². The summed E-state index contributed by atoms with van der Waals surface area (Å²) in [6.07, 6.45) is 5.40. The van der Waals surface area contributed by atoms with E-state index in [1.165, 1.54) is 19.3 Å². The van der Waals surface area contributed by atoms with Gasteiger partial charge in [0.1, 0.15) is 5.82 Å². The molecule has 1 amide bonds. The number of rotatable bonds is 4. The van der Waals surface area contributed by atoms with Gasteiger partial charge in [0.2, 0.25) is 5.91 Å². The standard InChI is InChI=1S/C18H24N4O.2ClH/c23-17(18-9-4-3-5-13(18)11-19-12-18)20-10-8-16-21-14-6-1-2-7-15(14)22-16;;/h1-2,6-7,13,19H,3-5,8-12H2,(H,20,23)(H,21,22);2*1H/t13-,18+;;/m0../s1. The predicted octanol–water partition coefficient (Wildman–Crippen LogP) is 2.85. The van der Waals surface area contributed by atoms with Crippen LogP contribution in [0.5, 0.6) is 0 Å². The monoisotopic (exact) mass is 384 g/mol. The molecule has 0 radical (unpaired) electrons. The van der Waals surface area contributed by atoms with E-state index in [0.717, 1.165) is 42.8 Å². The van der Waals surface area contributed by atoms with Gasteiger partial charge in [-0.1, -0.05) is 25.0 Å². The van der Waals surface area contributed by atoms with E-state index in [-0.39, 0.29) is 36.1 Å². The Bertz CT molecular complexity index is 687. The first-order chi connectivity index (χ1) is 11.3. The normalized spacial score (nSPS) is 24.9. The third kappa shape index (κ3) is 3.78. The van der Waals surface area contributed by atoms with Crippen molar-refractivity contribution in [3.05, 3.63) is 30.1 Å². The van der Waals surface area contributed by atoms with Crippen LogP contribution in [-0.2, 0) is 11.2 Å². The van der Waals surface area contributed by atoms with Gasteiger partial charge in [-0.2, -0.15) is 0 Å². The molecule has 2 aliphatic rings. The lowest BCUT2D eigenvalue weighted by Gasteiger charge is -2.37. The van der Waals surface area contributed by atoms with Crippen LogP contribution in [0.3, 0.4) is 0 Å². The van der Waals surface area contributed by atoms with Crippen molar-refractivity contribution in [1.29, 1.82) is 0 Å². The number of carbonyl (C=O) groups excluding carboxylic acids is 1. The van der Waals surface area contributed by atoms with Crippen molar-refractivity contribution in [3.8, 4) is 0 Å². The second kappa shape index (κ2) is 8.39. The summed E-state index contributed by atoms with van der Waals surface area (Å²) in [6.45, 7) is 2.48. The molecule has 5 nitrogen and oxygen atoms in total. The first-order valence-corrected chi connectivity index (χ1v) is 8.71. The third-order valence-corrected chi connectivity index (χ3v) is 5.58. The lowest BCUT2D eigenvalue weighted by molar-refractivity contribution is -0.133. The molecule has 1 aliphatic heterocycles. The molecule has 2 fully saturated rings. The van der Waals surface area contributed by atoms with E-state index in [2.05, 4.69) is 20.6 Å². The Morgan fingerprint density at radius 1 is 1.28 bits per heavy atom. The largest absolute Gasteiger partial charge is 0.355 e. The summed E-state index contributed by atoms with van der Waals surface area (Å²) < 4.78 is 0. The summed E-state index contributed by atoms with van der Waals surface area (Å²) in [7, 11) is 0. The Morgan fingerprint density at radius 3 is 2.96 bits per heavy atom. The minimum Gasteiger partial charge on any atom is -0.355 e. The highest BCUT2D eigenvalue weighted by Gasteiger charge is 2.49.